The molecule has 2 heterocycles. The molecule has 0 radical (unpaired) electrons. The van der Waals surface area contributed by atoms with Crippen molar-refractivity contribution in [2.45, 2.75) is 12.0 Å². The molecule has 100 valence electrons. The van der Waals surface area contributed by atoms with Gasteiger partial charge < -0.3 is 15.2 Å². The van der Waals surface area contributed by atoms with E-state index in [9.17, 15) is 14.3 Å². The summed E-state index contributed by atoms with van der Waals surface area (Å²) in [5, 5.41) is 19.7. The monoisotopic (exact) mass is 265 g/mol. The fourth-order valence-corrected chi connectivity index (χ4v) is 2.04. The van der Waals surface area contributed by atoms with Gasteiger partial charge in [0, 0.05) is 11.8 Å². The molecule has 6 nitrogen and oxygen atoms in total. The predicted molar refractivity (Wildman–Crippen MR) is 65.1 cm³/mol. The van der Waals surface area contributed by atoms with Crippen molar-refractivity contribution in [2.75, 3.05) is 18.5 Å². The first-order valence-corrected chi connectivity index (χ1v) is 5.84. The maximum absolute atomic E-state index is 13.0. The van der Waals surface area contributed by atoms with Crippen LogP contribution in [0.15, 0.2) is 18.2 Å². The lowest BCUT2D eigenvalue weighted by molar-refractivity contribution is -0.133. The van der Waals surface area contributed by atoms with E-state index >= 15 is 0 Å². The molecule has 19 heavy (non-hydrogen) atoms. The first kappa shape index (κ1) is 12.1. The van der Waals surface area contributed by atoms with Crippen molar-refractivity contribution < 1.29 is 19.0 Å². The SMILES string of the molecule is O=C(Nc1n[nH]c2cc(F)ccc12)C1(O)CCOC1. The Labute approximate surface area is 107 Å². The van der Waals surface area contributed by atoms with Gasteiger partial charge in [0.1, 0.15) is 5.82 Å². The Morgan fingerprint density at radius 1 is 1.58 bits per heavy atom. The van der Waals surface area contributed by atoms with Crippen molar-refractivity contribution in [1.82, 2.24) is 10.2 Å². The molecular formula is C12H12FN3O3. The average Bonchev–Trinajstić information content (AvgIpc) is 2.97. The van der Waals surface area contributed by atoms with Crippen LogP contribution in [-0.2, 0) is 9.53 Å². The van der Waals surface area contributed by atoms with Crippen molar-refractivity contribution in [1.29, 1.82) is 0 Å². The molecule has 1 fully saturated rings. The zero-order chi connectivity index (χ0) is 13.5. The van der Waals surface area contributed by atoms with Gasteiger partial charge in [0.15, 0.2) is 11.4 Å². The number of aromatic amines is 1. The number of halogens is 1. The average molecular weight is 265 g/mol. The smallest absolute Gasteiger partial charge is 0.260 e. The molecule has 1 saturated heterocycles. The van der Waals surface area contributed by atoms with E-state index < -0.39 is 17.3 Å². The fourth-order valence-electron chi connectivity index (χ4n) is 2.04. The van der Waals surface area contributed by atoms with E-state index in [1.165, 1.54) is 18.2 Å². The third-order valence-corrected chi connectivity index (χ3v) is 3.18. The molecule has 0 bridgehead atoms. The zero-order valence-electron chi connectivity index (χ0n) is 9.94. The maximum Gasteiger partial charge on any atom is 0.260 e. The van der Waals surface area contributed by atoms with E-state index in [1.807, 2.05) is 0 Å². The van der Waals surface area contributed by atoms with E-state index in [2.05, 4.69) is 15.5 Å². The summed E-state index contributed by atoms with van der Waals surface area (Å²) in [7, 11) is 0. The summed E-state index contributed by atoms with van der Waals surface area (Å²) in [5.41, 5.74) is -1.05. The number of fused-ring (bicyclic) bond motifs is 1. The molecule has 1 amide bonds. The van der Waals surface area contributed by atoms with Gasteiger partial charge >= 0.3 is 0 Å². The molecule has 2 aromatic rings. The van der Waals surface area contributed by atoms with Crippen LogP contribution in [0.5, 0.6) is 0 Å². The van der Waals surface area contributed by atoms with Crippen LogP contribution in [0.1, 0.15) is 6.42 Å². The second-order valence-corrected chi connectivity index (χ2v) is 4.55. The molecule has 1 atom stereocenters. The molecule has 3 rings (SSSR count). The minimum atomic E-state index is -1.52. The molecule has 1 aliphatic heterocycles. The van der Waals surface area contributed by atoms with Gasteiger partial charge in [-0.3, -0.25) is 9.89 Å². The highest BCUT2D eigenvalue weighted by molar-refractivity contribution is 6.03. The number of aliphatic hydroxyl groups is 1. The fraction of sp³-hybridized carbons (Fsp3) is 0.333. The van der Waals surface area contributed by atoms with Gasteiger partial charge in [-0.15, -0.1) is 0 Å². The lowest BCUT2D eigenvalue weighted by atomic mass is 10.0. The van der Waals surface area contributed by atoms with E-state index in [0.29, 0.717) is 17.5 Å². The van der Waals surface area contributed by atoms with Gasteiger partial charge in [0.05, 0.1) is 18.7 Å². The second-order valence-electron chi connectivity index (χ2n) is 4.55. The summed E-state index contributed by atoms with van der Waals surface area (Å²) in [4.78, 5) is 12.0. The number of amides is 1. The van der Waals surface area contributed by atoms with Crippen LogP contribution in [0.4, 0.5) is 10.2 Å². The number of nitrogens with one attached hydrogen (secondary N) is 2. The third-order valence-electron chi connectivity index (χ3n) is 3.18. The van der Waals surface area contributed by atoms with Crippen LogP contribution in [0, 0.1) is 5.82 Å². The highest BCUT2D eigenvalue weighted by Gasteiger charge is 2.40. The molecular weight excluding hydrogens is 253 g/mol. The van der Waals surface area contributed by atoms with Gasteiger partial charge in [0.2, 0.25) is 0 Å². The number of anilines is 1. The predicted octanol–water partition coefficient (Wildman–Crippen LogP) is 0.792. The number of rotatable bonds is 2. The Hall–Kier alpha value is -1.99. The first-order chi connectivity index (χ1) is 9.08. The van der Waals surface area contributed by atoms with Crippen LogP contribution in [-0.4, -0.2) is 40.0 Å². The Balaban J connectivity index is 1.87. The summed E-state index contributed by atoms with van der Waals surface area (Å²) >= 11 is 0. The van der Waals surface area contributed by atoms with Gasteiger partial charge in [0.25, 0.3) is 5.91 Å². The standard InChI is InChI=1S/C12H12FN3O3/c13-7-1-2-8-9(5-7)15-16-10(8)14-11(17)12(18)3-4-19-6-12/h1-2,5,18H,3-4,6H2,(H2,14,15,16,17). The van der Waals surface area contributed by atoms with Crippen molar-refractivity contribution in [3.05, 3.63) is 24.0 Å². The molecule has 0 aliphatic carbocycles. The summed E-state index contributed by atoms with van der Waals surface area (Å²) in [5.74, 6) is -0.695. The van der Waals surface area contributed by atoms with E-state index in [0.717, 1.165) is 0 Å². The summed E-state index contributed by atoms with van der Waals surface area (Å²) in [6.07, 6.45) is 0.246. The van der Waals surface area contributed by atoms with E-state index in [-0.39, 0.29) is 18.8 Å². The zero-order valence-corrected chi connectivity index (χ0v) is 9.94. The summed E-state index contributed by atoms with van der Waals surface area (Å²) in [6.45, 7) is 0.312. The molecule has 1 aromatic heterocycles. The number of hydrogen-bond acceptors (Lipinski definition) is 4. The van der Waals surface area contributed by atoms with Crippen LogP contribution in [0.3, 0.4) is 0 Å². The van der Waals surface area contributed by atoms with Crippen LogP contribution in [0.2, 0.25) is 0 Å². The van der Waals surface area contributed by atoms with Crippen LogP contribution >= 0.6 is 0 Å². The lowest BCUT2D eigenvalue weighted by Crippen LogP contribution is -2.43. The minimum absolute atomic E-state index is 0.0319. The van der Waals surface area contributed by atoms with Crippen LogP contribution < -0.4 is 5.32 Å². The summed E-state index contributed by atoms with van der Waals surface area (Å²) in [6, 6.07) is 4.07. The third kappa shape index (κ3) is 2.06. The van der Waals surface area contributed by atoms with Crippen molar-refractivity contribution in [3.8, 4) is 0 Å². The lowest BCUT2D eigenvalue weighted by Gasteiger charge is -2.18. The van der Waals surface area contributed by atoms with Crippen LogP contribution in [0.25, 0.3) is 10.9 Å². The number of ether oxygens (including phenoxy) is 1. The van der Waals surface area contributed by atoms with E-state index in [4.69, 9.17) is 4.74 Å². The number of nitrogens with zero attached hydrogens (tertiary/aromatic N) is 1. The summed E-state index contributed by atoms with van der Waals surface area (Å²) < 4.78 is 18.0. The first-order valence-electron chi connectivity index (χ1n) is 5.84. The van der Waals surface area contributed by atoms with Gasteiger partial charge in [-0.1, -0.05) is 0 Å². The highest BCUT2D eigenvalue weighted by atomic mass is 19.1. The van der Waals surface area contributed by atoms with E-state index in [1.54, 1.807) is 0 Å². The number of aromatic nitrogens is 2. The molecule has 0 saturated carbocycles. The molecule has 3 N–H and O–H groups in total. The highest BCUT2D eigenvalue weighted by Crippen LogP contribution is 2.24. The number of hydrogen-bond donors (Lipinski definition) is 3. The van der Waals surface area contributed by atoms with Crippen molar-refractivity contribution in [2.24, 2.45) is 0 Å². The largest absolute Gasteiger partial charge is 0.378 e. The van der Waals surface area contributed by atoms with Gasteiger partial charge in [-0.2, -0.15) is 5.10 Å². The van der Waals surface area contributed by atoms with Crippen molar-refractivity contribution in [3.63, 3.8) is 0 Å². The van der Waals surface area contributed by atoms with Gasteiger partial charge in [-0.05, 0) is 18.2 Å². The van der Waals surface area contributed by atoms with Crippen molar-refractivity contribution >= 4 is 22.6 Å². The molecule has 1 aromatic carbocycles. The topological polar surface area (TPSA) is 87.2 Å². The molecule has 1 aliphatic rings. The Morgan fingerprint density at radius 2 is 2.42 bits per heavy atom. The normalized spacial score (nSPS) is 22.8. The molecule has 0 spiro atoms. The number of carbonyl (C=O) groups is 1. The number of carbonyl (C=O) groups excluding carboxylic acids is 1. The Kier molecular flexibility index (Phi) is 2.72. The quantitative estimate of drug-likeness (QED) is 0.749. The second kappa shape index (κ2) is 4.29. The molecule has 1 unspecified atom stereocenters. The molecule has 7 heteroatoms. The maximum atomic E-state index is 13.0. The minimum Gasteiger partial charge on any atom is -0.378 e. The Bertz CT molecular complexity index is 634. The Morgan fingerprint density at radius 3 is 3.16 bits per heavy atom. The number of H-pyrrole nitrogens is 1. The van der Waals surface area contributed by atoms with Gasteiger partial charge in [-0.25, -0.2) is 4.39 Å². The number of benzene rings is 1.